The molecule has 2 aromatic heterocycles. The second-order valence-electron chi connectivity index (χ2n) is 6.69. The number of amides is 1. The van der Waals surface area contributed by atoms with Crippen molar-refractivity contribution < 1.29 is 9.53 Å². The molecule has 0 aliphatic carbocycles. The van der Waals surface area contributed by atoms with E-state index in [9.17, 15) is 4.79 Å². The highest BCUT2D eigenvalue weighted by molar-refractivity contribution is 5.94. The van der Waals surface area contributed by atoms with Gasteiger partial charge in [0.2, 0.25) is 0 Å². The van der Waals surface area contributed by atoms with Gasteiger partial charge in [-0.05, 0) is 32.0 Å². The maximum absolute atomic E-state index is 12.7. The SMILES string of the molecule is COC[C@H](NC(=O)c1ccc(-c2nccn2C(C)C)cc1)c1ccnn1C. The summed E-state index contributed by atoms with van der Waals surface area (Å²) in [4.78, 5) is 17.1. The molecule has 27 heavy (non-hydrogen) atoms. The van der Waals surface area contributed by atoms with Crippen LogP contribution in [-0.2, 0) is 11.8 Å². The largest absolute Gasteiger partial charge is 0.382 e. The van der Waals surface area contributed by atoms with Crippen molar-refractivity contribution in [3.63, 3.8) is 0 Å². The van der Waals surface area contributed by atoms with Crippen molar-refractivity contribution in [3.8, 4) is 11.4 Å². The molecule has 0 unspecified atom stereocenters. The van der Waals surface area contributed by atoms with E-state index in [1.165, 1.54) is 0 Å². The topological polar surface area (TPSA) is 74.0 Å². The first-order chi connectivity index (χ1) is 13.0. The highest BCUT2D eigenvalue weighted by Crippen LogP contribution is 2.22. The Morgan fingerprint density at radius 3 is 2.52 bits per heavy atom. The van der Waals surface area contributed by atoms with Crippen LogP contribution in [-0.4, -0.2) is 39.0 Å². The van der Waals surface area contributed by atoms with Gasteiger partial charge in [-0.15, -0.1) is 0 Å². The number of hydrogen-bond donors (Lipinski definition) is 1. The highest BCUT2D eigenvalue weighted by atomic mass is 16.5. The van der Waals surface area contributed by atoms with Crippen LogP contribution >= 0.6 is 0 Å². The molecule has 0 aliphatic heterocycles. The summed E-state index contributed by atoms with van der Waals surface area (Å²) < 4.78 is 9.09. The first kappa shape index (κ1) is 18.8. The highest BCUT2D eigenvalue weighted by Gasteiger charge is 2.19. The van der Waals surface area contributed by atoms with Crippen molar-refractivity contribution in [2.45, 2.75) is 25.9 Å². The van der Waals surface area contributed by atoms with Gasteiger partial charge in [-0.1, -0.05) is 12.1 Å². The van der Waals surface area contributed by atoms with Crippen LogP contribution in [0.15, 0.2) is 48.9 Å². The summed E-state index contributed by atoms with van der Waals surface area (Å²) in [5.41, 5.74) is 2.45. The van der Waals surface area contributed by atoms with Gasteiger partial charge in [0.25, 0.3) is 5.91 Å². The number of nitrogens with zero attached hydrogens (tertiary/aromatic N) is 4. The normalized spacial score (nSPS) is 12.3. The van der Waals surface area contributed by atoms with Gasteiger partial charge in [0.05, 0.1) is 18.3 Å². The Hall–Kier alpha value is -2.93. The number of nitrogens with one attached hydrogen (secondary N) is 1. The average molecular weight is 367 g/mol. The minimum atomic E-state index is -0.269. The number of aryl methyl sites for hydroxylation is 1. The van der Waals surface area contributed by atoms with E-state index in [2.05, 4.69) is 33.8 Å². The van der Waals surface area contributed by atoms with Gasteiger partial charge in [0, 0.05) is 49.9 Å². The lowest BCUT2D eigenvalue weighted by atomic mass is 10.1. The number of benzene rings is 1. The van der Waals surface area contributed by atoms with Crippen LogP contribution in [0.2, 0.25) is 0 Å². The Balaban J connectivity index is 1.77. The van der Waals surface area contributed by atoms with Gasteiger partial charge in [-0.2, -0.15) is 5.10 Å². The maximum atomic E-state index is 12.7. The molecule has 0 saturated heterocycles. The van der Waals surface area contributed by atoms with Crippen LogP contribution in [0.25, 0.3) is 11.4 Å². The van der Waals surface area contributed by atoms with E-state index >= 15 is 0 Å². The summed E-state index contributed by atoms with van der Waals surface area (Å²) in [5.74, 6) is 0.737. The third kappa shape index (κ3) is 4.09. The zero-order chi connectivity index (χ0) is 19.4. The van der Waals surface area contributed by atoms with E-state index in [1.807, 2.05) is 43.6 Å². The second-order valence-corrected chi connectivity index (χ2v) is 6.69. The van der Waals surface area contributed by atoms with E-state index in [-0.39, 0.29) is 11.9 Å². The molecular weight excluding hydrogens is 342 g/mol. The molecule has 0 spiro atoms. The molecule has 3 aromatic rings. The van der Waals surface area contributed by atoms with Crippen molar-refractivity contribution in [1.29, 1.82) is 0 Å². The molecule has 3 rings (SSSR count). The number of hydrogen-bond acceptors (Lipinski definition) is 4. The molecule has 1 aromatic carbocycles. The van der Waals surface area contributed by atoms with Gasteiger partial charge in [0.1, 0.15) is 5.82 Å². The summed E-state index contributed by atoms with van der Waals surface area (Å²) in [6, 6.07) is 9.40. The lowest BCUT2D eigenvalue weighted by Gasteiger charge is -2.18. The Kier molecular flexibility index (Phi) is 5.71. The van der Waals surface area contributed by atoms with Crippen LogP contribution in [0, 0.1) is 0 Å². The molecule has 1 N–H and O–H groups in total. The molecule has 0 fully saturated rings. The van der Waals surface area contributed by atoms with Gasteiger partial charge < -0.3 is 14.6 Å². The Bertz CT molecular complexity index is 895. The number of imidazole rings is 1. The summed E-state index contributed by atoms with van der Waals surface area (Å²) in [6.07, 6.45) is 5.46. The molecule has 0 saturated carbocycles. The van der Waals surface area contributed by atoms with E-state index in [1.54, 1.807) is 24.2 Å². The minimum absolute atomic E-state index is 0.156. The fourth-order valence-corrected chi connectivity index (χ4v) is 3.06. The minimum Gasteiger partial charge on any atom is -0.382 e. The first-order valence-electron chi connectivity index (χ1n) is 8.92. The Morgan fingerprint density at radius 2 is 1.93 bits per heavy atom. The van der Waals surface area contributed by atoms with E-state index < -0.39 is 0 Å². The number of ether oxygens (including phenoxy) is 1. The van der Waals surface area contributed by atoms with Crippen LogP contribution in [0.1, 0.15) is 42.0 Å². The van der Waals surface area contributed by atoms with Gasteiger partial charge in [0.15, 0.2) is 0 Å². The average Bonchev–Trinajstić information content (AvgIpc) is 3.30. The van der Waals surface area contributed by atoms with Gasteiger partial charge >= 0.3 is 0 Å². The van der Waals surface area contributed by atoms with Crippen molar-refractivity contribution >= 4 is 5.91 Å². The predicted molar refractivity (Wildman–Crippen MR) is 103 cm³/mol. The molecule has 142 valence electrons. The van der Waals surface area contributed by atoms with Crippen molar-refractivity contribution in [2.24, 2.45) is 7.05 Å². The van der Waals surface area contributed by atoms with E-state index in [4.69, 9.17) is 4.74 Å². The maximum Gasteiger partial charge on any atom is 0.251 e. The van der Waals surface area contributed by atoms with Crippen molar-refractivity contribution in [2.75, 3.05) is 13.7 Å². The molecule has 0 aliphatic rings. The first-order valence-corrected chi connectivity index (χ1v) is 8.92. The molecule has 7 heteroatoms. The number of carbonyl (C=O) groups is 1. The van der Waals surface area contributed by atoms with Crippen LogP contribution in [0.4, 0.5) is 0 Å². The summed E-state index contributed by atoms with van der Waals surface area (Å²) >= 11 is 0. The molecule has 0 radical (unpaired) electrons. The van der Waals surface area contributed by atoms with E-state index in [0.29, 0.717) is 18.2 Å². The quantitative estimate of drug-likeness (QED) is 0.697. The van der Waals surface area contributed by atoms with Crippen molar-refractivity contribution in [1.82, 2.24) is 24.6 Å². The standard InChI is InChI=1S/C20H25N5O2/c1-14(2)25-12-11-21-19(25)15-5-7-16(8-6-15)20(26)23-17(13-27-4)18-9-10-22-24(18)3/h5-12,14,17H,13H2,1-4H3,(H,23,26)/t17-/m0/s1. The lowest BCUT2D eigenvalue weighted by Crippen LogP contribution is -2.32. The van der Waals surface area contributed by atoms with Gasteiger partial charge in [-0.3, -0.25) is 9.48 Å². The second kappa shape index (κ2) is 8.18. The van der Waals surface area contributed by atoms with Crippen LogP contribution in [0.5, 0.6) is 0 Å². The van der Waals surface area contributed by atoms with Crippen LogP contribution < -0.4 is 5.32 Å². The summed E-state index contributed by atoms with van der Waals surface area (Å²) in [6.45, 7) is 4.60. The van der Waals surface area contributed by atoms with Gasteiger partial charge in [-0.25, -0.2) is 4.98 Å². The van der Waals surface area contributed by atoms with Crippen LogP contribution in [0.3, 0.4) is 0 Å². The zero-order valence-electron chi connectivity index (χ0n) is 16.1. The zero-order valence-corrected chi connectivity index (χ0v) is 16.1. The molecule has 1 amide bonds. The number of aromatic nitrogens is 4. The number of rotatable bonds is 7. The smallest absolute Gasteiger partial charge is 0.251 e. The molecule has 7 nitrogen and oxygen atoms in total. The molecule has 0 bridgehead atoms. The molecular formula is C20H25N5O2. The third-order valence-corrected chi connectivity index (χ3v) is 4.48. The number of carbonyl (C=O) groups excluding carboxylic acids is 1. The summed E-state index contributed by atoms with van der Waals surface area (Å²) in [5, 5.41) is 7.18. The lowest BCUT2D eigenvalue weighted by molar-refractivity contribution is 0.0892. The third-order valence-electron chi connectivity index (χ3n) is 4.48. The molecule has 2 heterocycles. The summed E-state index contributed by atoms with van der Waals surface area (Å²) in [7, 11) is 3.46. The fourth-order valence-electron chi connectivity index (χ4n) is 3.06. The van der Waals surface area contributed by atoms with Crippen molar-refractivity contribution in [3.05, 3.63) is 60.2 Å². The Morgan fingerprint density at radius 1 is 1.19 bits per heavy atom. The Labute approximate surface area is 159 Å². The fraction of sp³-hybridized carbons (Fsp3) is 0.350. The van der Waals surface area contributed by atoms with E-state index in [0.717, 1.165) is 17.1 Å². The predicted octanol–water partition coefficient (Wildman–Crippen LogP) is 2.98. The molecule has 1 atom stereocenters. The monoisotopic (exact) mass is 367 g/mol. The number of methoxy groups -OCH3 is 1.